The number of ether oxygens (including phenoxy) is 1. The van der Waals surface area contributed by atoms with Gasteiger partial charge in [-0.05, 0) is 59.5 Å². The van der Waals surface area contributed by atoms with E-state index in [1.807, 2.05) is 4.68 Å². The highest BCUT2D eigenvalue weighted by Crippen LogP contribution is 2.31. The summed E-state index contributed by atoms with van der Waals surface area (Å²) in [6, 6.07) is 8.74. The van der Waals surface area contributed by atoms with E-state index in [2.05, 4.69) is 69.2 Å². The summed E-state index contributed by atoms with van der Waals surface area (Å²) in [6.45, 7) is 3.55. The Labute approximate surface area is 183 Å². The maximum absolute atomic E-state index is 12.0. The van der Waals surface area contributed by atoms with Gasteiger partial charge < -0.3 is 15.8 Å². The number of carbonyl (C=O) groups excluding carboxylic acids is 1. The fourth-order valence-corrected chi connectivity index (χ4v) is 4.21. The zero-order chi connectivity index (χ0) is 20.4. The lowest BCUT2D eigenvalue weighted by Crippen LogP contribution is -2.29. The topological polar surface area (TPSA) is 95.1 Å². The van der Waals surface area contributed by atoms with Crippen molar-refractivity contribution in [1.29, 1.82) is 0 Å². The van der Waals surface area contributed by atoms with E-state index in [9.17, 15) is 4.79 Å². The van der Waals surface area contributed by atoms with Crippen molar-refractivity contribution in [2.75, 3.05) is 18.5 Å². The number of carbonyl (C=O) groups is 1. The normalized spacial score (nSPS) is 16.1. The van der Waals surface area contributed by atoms with Crippen LogP contribution in [0.3, 0.4) is 0 Å². The first-order valence-electron chi connectivity index (χ1n) is 9.84. The molecule has 3 heterocycles. The number of primary amides is 1. The molecule has 0 spiro atoms. The van der Waals surface area contributed by atoms with E-state index in [1.165, 1.54) is 9.13 Å². The Morgan fingerprint density at radius 2 is 2.03 bits per heavy atom. The molecule has 1 atom stereocenters. The van der Waals surface area contributed by atoms with E-state index in [4.69, 9.17) is 10.5 Å². The van der Waals surface area contributed by atoms with Crippen LogP contribution in [0, 0.1) is 3.57 Å². The average Bonchev–Trinajstić information content (AvgIpc) is 3.15. The van der Waals surface area contributed by atoms with Crippen molar-refractivity contribution in [3.8, 4) is 0 Å². The third-order valence-electron chi connectivity index (χ3n) is 5.40. The van der Waals surface area contributed by atoms with Crippen LogP contribution >= 0.6 is 22.6 Å². The molecule has 1 saturated heterocycles. The molecule has 0 aliphatic carbocycles. The number of hydrogen-bond acceptors (Lipinski definition) is 5. The minimum Gasteiger partial charge on any atom is -0.381 e. The molecular formula is C21H24IN5O2. The van der Waals surface area contributed by atoms with Crippen LogP contribution < -0.4 is 11.1 Å². The molecule has 4 rings (SSSR count). The second-order valence-corrected chi connectivity index (χ2v) is 8.49. The van der Waals surface area contributed by atoms with Crippen LogP contribution in [-0.2, 0) is 4.74 Å². The summed E-state index contributed by atoms with van der Waals surface area (Å²) >= 11 is 2.30. The third-order valence-corrected chi connectivity index (χ3v) is 6.11. The molecule has 0 bridgehead atoms. The highest BCUT2D eigenvalue weighted by Gasteiger charge is 2.23. The zero-order valence-electron chi connectivity index (χ0n) is 16.3. The fraction of sp³-hybridized carbons (Fsp3) is 0.381. The largest absolute Gasteiger partial charge is 0.381 e. The van der Waals surface area contributed by atoms with Gasteiger partial charge in [0.05, 0.1) is 28.9 Å². The Bertz CT molecular complexity index is 1010. The number of hydrogen-bond donors (Lipinski definition) is 2. The molecule has 29 heavy (non-hydrogen) atoms. The minimum atomic E-state index is -0.494. The minimum absolute atomic E-state index is 0.0624. The summed E-state index contributed by atoms with van der Waals surface area (Å²) in [5, 5.41) is 8.99. The summed E-state index contributed by atoms with van der Waals surface area (Å²) in [7, 11) is 0. The van der Waals surface area contributed by atoms with Gasteiger partial charge in [0.1, 0.15) is 0 Å². The molecule has 1 aromatic carbocycles. The maximum atomic E-state index is 12.0. The standard InChI is InChI=1S/C21H24IN5O2/c1-2-18(13-3-5-14(22)6-4-13)27-21-17(12-25-27)19(16(11-24-21)20(23)28)26-15-7-9-29-10-8-15/h3-6,11-12,15,18H,2,7-10H2,1H3,(H2,23,28)(H,24,26). The van der Waals surface area contributed by atoms with E-state index in [1.54, 1.807) is 12.4 Å². The van der Waals surface area contributed by atoms with Crippen molar-refractivity contribution >= 4 is 45.2 Å². The summed E-state index contributed by atoms with van der Waals surface area (Å²) in [5.41, 5.74) is 8.68. The molecule has 1 unspecified atom stereocenters. The van der Waals surface area contributed by atoms with Crippen LogP contribution in [0.5, 0.6) is 0 Å². The Morgan fingerprint density at radius 3 is 2.69 bits per heavy atom. The van der Waals surface area contributed by atoms with Crippen molar-refractivity contribution < 1.29 is 9.53 Å². The molecule has 8 heteroatoms. The number of benzene rings is 1. The summed E-state index contributed by atoms with van der Waals surface area (Å²) in [4.78, 5) is 16.6. The average molecular weight is 505 g/mol. The Hall–Kier alpha value is -2.20. The van der Waals surface area contributed by atoms with Gasteiger partial charge in [-0.3, -0.25) is 4.79 Å². The highest BCUT2D eigenvalue weighted by molar-refractivity contribution is 14.1. The molecule has 1 aliphatic heterocycles. The number of fused-ring (bicyclic) bond motifs is 1. The summed E-state index contributed by atoms with van der Waals surface area (Å²) in [6.07, 6.45) is 5.99. The number of rotatable bonds is 6. The molecule has 7 nitrogen and oxygen atoms in total. The lowest BCUT2D eigenvalue weighted by atomic mass is 10.0. The van der Waals surface area contributed by atoms with Gasteiger partial charge in [0.15, 0.2) is 5.65 Å². The molecule has 152 valence electrons. The number of pyridine rings is 1. The van der Waals surface area contributed by atoms with Gasteiger partial charge in [0.2, 0.25) is 0 Å². The predicted molar refractivity (Wildman–Crippen MR) is 121 cm³/mol. The van der Waals surface area contributed by atoms with E-state index in [-0.39, 0.29) is 12.1 Å². The molecule has 1 amide bonds. The van der Waals surface area contributed by atoms with Crippen LogP contribution in [0.15, 0.2) is 36.7 Å². The molecule has 3 aromatic rings. The maximum Gasteiger partial charge on any atom is 0.252 e. The monoisotopic (exact) mass is 505 g/mol. The van der Waals surface area contributed by atoms with Gasteiger partial charge in [0.25, 0.3) is 5.91 Å². The van der Waals surface area contributed by atoms with Gasteiger partial charge in [-0.2, -0.15) is 5.10 Å². The number of anilines is 1. The fourth-order valence-electron chi connectivity index (χ4n) is 3.85. The highest BCUT2D eigenvalue weighted by atomic mass is 127. The zero-order valence-corrected chi connectivity index (χ0v) is 18.4. The third kappa shape index (κ3) is 4.09. The molecule has 3 N–H and O–H groups in total. The number of aromatic nitrogens is 3. The van der Waals surface area contributed by atoms with Crippen LogP contribution in [-0.4, -0.2) is 39.9 Å². The van der Waals surface area contributed by atoms with Gasteiger partial charge in [-0.15, -0.1) is 0 Å². The quantitative estimate of drug-likeness (QED) is 0.498. The smallest absolute Gasteiger partial charge is 0.252 e. The van der Waals surface area contributed by atoms with Crippen LogP contribution in [0.2, 0.25) is 0 Å². The van der Waals surface area contributed by atoms with Gasteiger partial charge in [-0.1, -0.05) is 19.1 Å². The summed E-state index contributed by atoms with van der Waals surface area (Å²) in [5.74, 6) is -0.494. The number of nitrogens with two attached hydrogens (primary N) is 1. The van der Waals surface area contributed by atoms with Crippen LogP contribution in [0.4, 0.5) is 5.69 Å². The predicted octanol–water partition coefficient (Wildman–Crippen LogP) is 3.73. The number of halogens is 1. The first-order chi connectivity index (χ1) is 14.1. The van der Waals surface area contributed by atoms with Crippen molar-refractivity contribution in [2.24, 2.45) is 5.73 Å². The van der Waals surface area contributed by atoms with E-state index >= 15 is 0 Å². The Kier molecular flexibility index (Phi) is 6.00. The summed E-state index contributed by atoms with van der Waals surface area (Å²) < 4.78 is 8.58. The van der Waals surface area contributed by atoms with Crippen molar-refractivity contribution in [3.63, 3.8) is 0 Å². The van der Waals surface area contributed by atoms with Crippen molar-refractivity contribution in [2.45, 2.75) is 38.3 Å². The number of nitrogens with one attached hydrogen (secondary N) is 1. The van der Waals surface area contributed by atoms with Gasteiger partial charge in [-0.25, -0.2) is 9.67 Å². The molecule has 0 saturated carbocycles. The lowest BCUT2D eigenvalue weighted by Gasteiger charge is -2.25. The lowest BCUT2D eigenvalue weighted by molar-refractivity contribution is 0.0904. The van der Waals surface area contributed by atoms with E-state index in [0.717, 1.165) is 36.0 Å². The van der Waals surface area contributed by atoms with Gasteiger partial charge >= 0.3 is 0 Å². The Balaban J connectivity index is 1.78. The van der Waals surface area contributed by atoms with Crippen molar-refractivity contribution in [3.05, 3.63) is 51.4 Å². The van der Waals surface area contributed by atoms with Gasteiger partial charge in [0, 0.05) is 29.0 Å². The van der Waals surface area contributed by atoms with E-state index in [0.29, 0.717) is 18.8 Å². The SMILES string of the molecule is CCC(c1ccc(I)cc1)n1ncc2c(NC3CCOCC3)c(C(N)=O)cnc21. The molecule has 1 fully saturated rings. The first-order valence-corrected chi connectivity index (χ1v) is 10.9. The number of nitrogens with zero attached hydrogens (tertiary/aromatic N) is 3. The molecule has 2 aromatic heterocycles. The first kappa shape index (κ1) is 20.1. The Morgan fingerprint density at radius 1 is 1.31 bits per heavy atom. The molecule has 1 aliphatic rings. The molecule has 0 radical (unpaired) electrons. The molecular weight excluding hydrogens is 481 g/mol. The van der Waals surface area contributed by atoms with Crippen molar-refractivity contribution in [1.82, 2.24) is 14.8 Å². The van der Waals surface area contributed by atoms with E-state index < -0.39 is 5.91 Å². The number of amides is 1. The second-order valence-electron chi connectivity index (χ2n) is 7.24. The second kappa shape index (κ2) is 8.66. The van der Waals surface area contributed by atoms with Crippen LogP contribution in [0.1, 0.15) is 48.1 Å². The van der Waals surface area contributed by atoms with Crippen LogP contribution in [0.25, 0.3) is 11.0 Å².